The van der Waals surface area contributed by atoms with Crippen LogP contribution < -0.4 is 5.32 Å². The summed E-state index contributed by atoms with van der Waals surface area (Å²) in [5.41, 5.74) is 0. The number of rotatable bonds is 1. The van der Waals surface area contributed by atoms with Gasteiger partial charge < -0.3 is 9.88 Å². The molecule has 0 radical (unpaired) electrons. The van der Waals surface area contributed by atoms with E-state index in [1.165, 1.54) is 0 Å². The molecule has 0 aliphatic carbocycles. The van der Waals surface area contributed by atoms with E-state index in [1.807, 2.05) is 4.57 Å². The largest absolute Gasteiger partial charge is 0.313 e. The molecule has 5 heteroatoms. The van der Waals surface area contributed by atoms with Gasteiger partial charge in [0.05, 0.1) is 6.04 Å². The van der Waals surface area contributed by atoms with Crippen LogP contribution in [0.25, 0.3) is 0 Å². The van der Waals surface area contributed by atoms with Crippen molar-refractivity contribution in [1.29, 1.82) is 0 Å². The molecular weight excluding hydrogens is 148 g/mol. The minimum absolute atomic E-state index is 0.520. The number of H-pyrrole nitrogens is 1. The zero-order valence-electron chi connectivity index (χ0n) is 5.37. The van der Waals surface area contributed by atoms with Crippen molar-refractivity contribution >= 4 is 12.2 Å². The highest BCUT2D eigenvalue weighted by molar-refractivity contribution is 7.71. The van der Waals surface area contributed by atoms with Gasteiger partial charge >= 0.3 is 0 Å². The molecule has 1 fully saturated rings. The lowest BCUT2D eigenvalue weighted by molar-refractivity contribution is 0.340. The molecule has 0 spiro atoms. The second kappa shape index (κ2) is 2.17. The van der Waals surface area contributed by atoms with E-state index in [-0.39, 0.29) is 0 Å². The van der Waals surface area contributed by atoms with E-state index in [0.29, 0.717) is 10.8 Å². The van der Waals surface area contributed by atoms with Crippen molar-refractivity contribution < 1.29 is 0 Å². The molecule has 4 nitrogen and oxygen atoms in total. The van der Waals surface area contributed by atoms with Crippen LogP contribution in [0.15, 0.2) is 6.33 Å². The van der Waals surface area contributed by atoms with Gasteiger partial charge in [-0.1, -0.05) is 0 Å². The predicted molar refractivity (Wildman–Crippen MR) is 39.3 cm³/mol. The molecule has 0 unspecified atom stereocenters. The molecule has 0 atom stereocenters. The van der Waals surface area contributed by atoms with Crippen molar-refractivity contribution in [3.05, 3.63) is 11.1 Å². The lowest BCUT2D eigenvalue weighted by atomic mass is 10.2. The second-order valence-electron chi connectivity index (χ2n) is 2.38. The van der Waals surface area contributed by atoms with E-state index in [0.717, 1.165) is 13.1 Å². The quantitative estimate of drug-likeness (QED) is 0.566. The Balaban J connectivity index is 2.32. The summed E-state index contributed by atoms with van der Waals surface area (Å²) in [5, 5.41) is 9.72. The summed E-state index contributed by atoms with van der Waals surface area (Å²) in [7, 11) is 0. The maximum absolute atomic E-state index is 4.98. The number of aromatic nitrogens is 3. The third kappa shape index (κ3) is 0.783. The molecule has 1 aliphatic rings. The van der Waals surface area contributed by atoms with Gasteiger partial charge in [-0.15, -0.1) is 0 Å². The first-order chi connectivity index (χ1) is 4.88. The van der Waals surface area contributed by atoms with Crippen LogP contribution in [0.2, 0.25) is 0 Å². The van der Waals surface area contributed by atoms with Crippen molar-refractivity contribution in [2.75, 3.05) is 13.1 Å². The summed E-state index contributed by atoms with van der Waals surface area (Å²) in [4.78, 5) is 0. The number of hydrogen-bond acceptors (Lipinski definition) is 3. The zero-order valence-corrected chi connectivity index (χ0v) is 6.19. The molecular formula is C5H8N4S. The van der Waals surface area contributed by atoms with Gasteiger partial charge in [-0.3, -0.25) is 5.10 Å². The van der Waals surface area contributed by atoms with Gasteiger partial charge in [-0.2, -0.15) is 5.10 Å². The average molecular weight is 156 g/mol. The number of nitrogens with one attached hydrogen (secondary N) is 2. The molecule has 2 rings (SSSR count). The normalized spacial score (nSPS) is 18.8. The fourth-order valence-electron chi connectivity index (χ4n) is 0.987. The number of aromatic amines is 1. The van der Waals surface area contributed by atoms with Crippen LogP contribution >= 0.6 is 12.2 Å². The second-order valence-corrected chi connectivity index (χ2v) is 2.77. The molecule has 0 aromatic carbocycles. The minimum atomic E-state index is 0.520. The molecule has 1 aliphatic heterocycles. The van der Waals surface area contributed by atoms with Crippen molar-refractivity contribution in [2.24, 2.45) is 0 Å². The first-order valence-electron chi connectivity index (χ1n) is 3.20. The topological polar surface area (TPSA) is 45.6 Å². The first kappa shape index (κ1) is 6.06. The van der Waals surface area contributed by atoms with Gasteiger partial charge in [0.15, 0.2) is 4.77 Å². The van der Waals surface area contributed by atoms with Crippen LogP contribution in [-0.2, 0) is 0 Å². The SMILES string of the molecule is S=c1[nH]ncn1C1CNC1. The van der Waals surface area contributed by atoms with Crippen LogP contribution in [-0.4, -0.2) is 27.9 Å². The van der Waals surface area contributed by atoms with E-state index in [4.69, 9.17) is 12.2 Å². The molecule has 1 aromatic heterocycles. The molecule has 0 bridgehead atoms. The minimum Gasteiger partial charge on any atom is -0.313 e. The summed E-state index contributed by atoms with van der Waals surface area (Å²) in [6.45, 7) is 2.02. The van der Waals surface area contributed by atoms with Crippen molar-refractivity contribution in [3.8, 4) is 0 Å². The van der Waals surface area contributed by atoms with Crippen LogP contribution in [0.3, 0.4) is 0 Å². The Morgan fingerprint density at radius 2 is 2.50 bits per heavy atom. The standard InChI is InChI=1S/C5H8N4S/c10-5-8-7-3-9(5)4-1-6-2-4/h3-4,6H,1-2H2,(H,8,10). The van der Waals surface area contributed by atoms with Crippen LogP contribution in [0, 0.1) is 4.77 Å². The summed E-state index contributed by atoms with van der Waals surface area (Å²) < 4.78 is 2.69. The van der Waals surface area contributed by atoms with Crippen molar-refractivity contribution in [2.45, 2.75) is 6.04 Å². The molecule has 2 heterocycles. The van der Waals surface area contributed by atoms with Crippen molar-refractivity contribution in [3.63, 3.8) is 0 Å². The predicted octanol–water partition coefficient (Wildman–Crippen LogP) is 0.0850. The van der Waals surface area contributed by atoms with Gasteiger partial charge in [0.1, 0.15) is 6.33 Å². The molecule has 54 valence electrons. The van der Waals surface area contributed by atoms with Gasteiger partial charge in [0, 0.05) is 13.1 Å². The lowest BCUT2D eigenvalue weighted by Crippen LogP contribution is -2.43. The Bertz CT molecular complexity index is 271. The summed E-state index contributed by atoms with van der Waals surface area (Å²) in [6.07, 6.45) is 1.74. The monoisotopic (exact) mass is 156 g/mol. The molecule has 10 heavy (non-hydrogen) atoms. The molecule has 2 N–H and O–H groups in total. The third-order valence-electron chi connectivity index (χ3n) is 1.73. The smallest absolute Gasteiger partial charge is 0.195 e. The number of hydrogen-bond donors (Lipinski definition) is 2. The molecule has 0 saturated carbocycles. The van der Waals surface area contributed by atoms with Crippen LogP contribution in [0.4, 0.5) is 0 Å². The summed E-state index contributed by atoms with van der Waals surface area (Å²) in [6, 6.07) is 0.520. The van der Waals surface area contributed by atoms with Gasteiger partial charge in [0.2, 0.25) is 0 Å². The van der Waals surface area contributed by atoms with Gasteiger partial charge in [-0.25, -0.2) is 0 Å². The van der Waals surface area contributed by atoms with E-state index >= 15 is 0 Å². The van der Waals surface area contributed by atoms with Gasteiger partial charge in [0.25, 0.3) is 0 Å². The van der Waals surface area contributed by atoms with Gasteiger partial charge in [-0.05, 0) is 12.2 Å². The third-order valence-corrected chi connectivity index (χ3v) is 2.03. The average Bonchev–Trinajstić information content (AvgIpc) is 2.12. The lowest BCUT2D eigenvalue weighted by Gasteiger charge is -2.27. The maximum atomic E-state index is 4.98. The Hall–Kier alpha value is -0.680. The van der Waals surface area contributed by atoms with Crippen LogP contribution in [0.5, 0.6) is 0 Å². The number of nitrogens with zero attached hydrogens (tertiary/aromatic N) is 2. The highest BCUT2D eigenvalue weighted by Crippen LogP contribution is 2.09. The van der Waals surface area contributed by atoms with E-state index in [1.54, 1.807) is 6.33 Å². The molecule has 1 saturated heterocycles. The van der Waals surface area contributed by atoms with E-state index in [9.17, 15) is 0 Å². The fourth-order valence-corrected chi connectivity index (χ4v) is 1.24. The molecule has 1 aromatic rings. The van der Waals surface area contributed by atoms with Crippen molar-refractivity contribution in [1.82, 2.24) is 20.1 Å². The summed E-state index contributed by atoms with van der Waals surface area (Å²) >= 11 is 4.98. The maximum Gasteiger partial charge on any atom is 0.195 e. The Labute approximate surface area is 63.3 Å². The Kier molecular flexibility index (Phi) is 1.32. The van der Waals surface area contributed by atoms with E-state index in [2.05, 4.69) is 15.5 Å². The Morgan fingerprint density at radius 1 is 1.70 bits per heavy atom. The zero-order chi connectivity index (χ0) is 6.97. The summed E-state index contributed by atoms with van der Waals surface area (Å²) in [5.74, 6) is 0. The fraction of sp³-hybridized carbons (Fsp3) is 0.600. The first-order valence-corrected chi connectivity index (χ1v) is 3.61. The highest BCUT2D eigenvalue weighted by atomic mass is 32.1. The molecule has 0 amide bonds. The Morgan fingerprint density at radius 3 is 2.90 bits per heavy atom. The highest BCUT2D eigenvalue weighted by Gasteiger charge is 2.18. The van der Waals surface area contributed by atoms with Crippen LogP contribution in [0.1, 0.15) is 6.04 Å². The van der Waals surface area contributed by atoms with E-state index < -0.39 is 0 Å².